The van der Waals surface area contributed by atoms with Crippen molar-refractivity contribution >= 4 is 16.8 Å². The number of carbonyl (C=O) groups is 1. The Morgan fingerprint density at radius 3 is 2.95 bits per heavy atom. The quantitative estimate of drug-likeness (QED) is 0.858. The van der Waals surface area contributed by atoms with Gasteiger partial charge in [-0.05, 0) is 38.6 Å². The van der Waals surface area contributed by atoms with Crippen molar-refractivity contribution in [2.45, 2.75) is 19.9 Å². The zero-order chi connectivity index (χ0) is 14.3. The van der Waals surface area contributed by atoms with E-state index in [1.807, 2.05) is 24.0 Å². The van der Waals surface area contributed by atoms with Crippen LogP contribution in [0, 0.1) is 6.92 Å². The van der Waals surface area contributed by atoms with Crippen molar-refractivity contribution in [2.24, 2.45) is 0 Å². The summed E-state index contributed by atoms with van der Waals surface area (Å²) in [7, 11) is 2.10. The van der Waals surface area contributed by atoms with Crippen LogP contribution in [0.25, 0.3) is 10.9 Å². The molecule has 1 unspecified atom stereocenters. The smallest absolute Gasteiger partial charge is 0.256 e. The maximum Gasteiger partial charge on any atom is 0.256 e. The fourth-order valence-corrected chi connectivity index (χ4v) is 2.97. The lowest BCUT2D eigenvalue weighted by atomic mass is 10.0. The van der Waals surface area contributed by atoms with Gasteiger partial charge in [0.15, 0.2) is 0 Å². The highest BCUT2D eigenvalue weighted by atomic mass is 16.2. The number of piperazine rings is 1. The summed E-state index contributed by atoms with van der Waals surface area (Å²) in [5, 5.41) is 8.00. The minimum Gasteiger partial charge on any atom is -0.333 e. The first-order valence-corrected chi connectivity index (χ1v) is 6.99. The first kappa shape index (κ1) is 13.1. The third-order valence-corrected chi connectivity index (χ3v) is 4.02. The highest BCUT2D eigenvalue weighted by molar-refractivity contribution is 6.05. The van der Waals surface area contributed by atoms with Crippen LogP contribution in [-0.4, -0.2) is 58.6 Å². The number of hydrogen-bond acceptors (Lipinski definition) is 3. The van der Waals surface area contributed by atoms with E-state index in [0.717, 1.165) is 41.7 Å². The summed E-state index contributed by atoms with van der Waals surface area (Å²) in [6.07, 6.45) is 1.77. The number of likely N-dealkylation sites (N-methyl/N-ethyl adjacent to an activating group) is 1. The molecule has 1 amide bonds. The zero-order valence-corrected chi connectivity index (χ0v) is 12.2. The van der Waals surface area contributed by atoms with Gasteiger partial charge in [0.1, 0.15) is 0 Å². The molecule has 1 fully saturated rings. The number of amides is 1. The van der Waals surface area contributed by atoms with Crippen molar-refractivity contribution in [1.29, 1.82) is 0 Å². The number of benzene rings is 1. The number of nitrogens with one attached hydrogen (secondary N) is 1. The molecule has 1 atom stereocenters. The number of hydrogen-bond donors (Lipinski definition) is 1. The van der Waals surface area contributed by atoms with Crippen LogP contribution >= 0.6 is 0 Å². The fourth-order valence-electron chi connectivity index (χ4n) is 2.97. The van der Waals surface area contributed by atoms with E-state index in [1.54, 1.807) is 6.20 Å². The van der Waals surface area contributed by atoms with Gasteiger partial charge in [0.2, 0.25) is 0 Å². The average molecular weight is 272 g/mol. The number of aromatic nitrogens is 2. The van der Waals surface area contributed by atoms with E-state index in [0.29, 0.717) is 0 Å². The van der Waals surface area contributed by atoms with Crippen molar-refractivity contribution in [3.63, 3.8) is 0 Å². The third-order valence-electron chi connectivity index (χ3n) is 4.02. The van der Waals surface area contributed by atoms with E-state index in [9.17, 15) is 4.79 Å². The van der Waals surface area contributed by atoms with Crippen molar-refractivity contribution in [3.05, 3.63) is 29.5 Å². The molecule has 1 aliphatic heterocycles. The van der Waals surface area contributed by atoms with Crippen LogP contribution in [-0.2, 0) is 0 Å². The van der Waals surface area contributed by atoms with Crippen molar-refractivity contribution < 1.29 is 4.79 Å². The van der Waals surface area contributed by atoms with Gasteiger partial charge in [-0.2, -0.15) is 5.10 Å². The molecular weight excluding hydrogens is 252 g/mol. The predicted octanol–water partition coefficient (Wildman–Crippen LogP) is 1.65. The number of carbonyl (C=O) groups excluding carboxylic acids is 1. The molecule has 2 heterocycles. The number of fused-ring (bicyclic) bond motifs is 1. The summed E-state index contributed by atoms with van der Waals surface area (Å²) >= 11 is 0. The molecule has 0 bridgehead atoms. The monoisotopic (exact) mass is 272 g/mol. The van der Waals surface area contributed by atoms with Gasteiger partial charge in [-0.1, -0.05) is 0 Å². The van der Waals surface area contributed by atoms with Gasteiger partial charge in [0.25, 0.3) is 5.91 Å². The maximum atomic E-state index is 12.8. The van der Waals surface area contributed by atoms with Crippen LogP contribution in [0.15, 0.2) is 18.3 Å². The standard InChI is InChI=1S/C15H20N4O/c1-10-6-12-8-16-17-14(12)13(7-10)15(20)19-5-4-18(3)9-11(19)2/h6-8,11H,4-5,9H2,1-3H3,(H,16,17). The lowest BCUT2D eigenvalue weighted by Crippen LogP contribution is -2.52. The van der Waals surface area contributed by atoms with Crippen molar-refractivity contribution in [1.82, 2.24) is 20.0 Å². The van der Waals surface area contributed by atoms with E-state index >= 15 is 0 Å². The second-order valence-electron chi connectivity index (χ2n) is 5.76. The van der Waals surface area contributed by atoms with E-state index in [1.165, 1.54) is 0 Å². The summed E-state index contributed by atoms with van der Waals surface area (Å²) < 4.78 is 0. The normalized spacial score (nSPS) is 20.6. The lowest BCUT2D eigenvalue weighted by Gasteiger charge is -2.38. The van der Waals surface area contributed by atoms with Crippen LogP contribution in [0.3, 0.4) is 0 Å². The molecule has 1 aromatic heterocycles. The average Bonchev–Trinajstić information content (AvgIpc) is 2.85. The molecule has 0 radical (unpaired) electrons. The summed E-state index contributed by atoms with van der Waals surface area (Å²) in [6, 6.07) is 4.23. The topological polar surface area (TPSA) is 52.2 Å². The summed E-state index contributed by atoms with van der Waals surface area (Å²) in [6.45, 7) is 6.74. The Morgan fingerprint density at radius 2 is 2.20 bits per heavy atom. The van der Waals surface area contributed by atoms with Crippen LogP contribution in [0.5, 0.6) is 0 Å². The van der Waals surface area contributed by atoms with Crippen LogP contribution in [0.2, 0.25) is 0 Å². The van der Waals surface area contributed by atoms with Gasteiger partial charge in [-0.15, -0.1) is 0 Å². The molecule has 1 N–H and O–H groups in total. The second kappa shape index (κ2) is 4.90. The molecule has 5 heteroatoms. The first-order valence-electron chi connectivity index (χ1n) is 6.99. The van der Waals surface area contributed by atoms with E-state index in [-0.39, 0.29) is 11.9 Å². The number of aromatic amines is 1. The lowest BCUT2D eigenvalue weighted by molar-refractivity contribution is 0.0535. The van der Waals surface area contributed by atoms with E-state index in [4.69, 9.17) is 0 Å². The third kappa shape index (κ3) is 2.18. The van der Waals surface area contributed by atoms with Gasteiger partial charge in [0, 0.05) is 31.1 Å². The second-order valence-corrected chi connectivity index (χ2v) is 5.76. The van der Waals surface area contributed by atoms with E-state index < -0.39 is 0 Å². The van der Waals surface area contributed by atoms with Crippen LogP contribution in [0.4, 0.5) is 0 Å². The minimum absolute atomic E-state index is 0.101. The zero-order valence-electron chi connectivity index (χ0n) is 12.2. The molecular formula is C15H20N4O. The highest BCUT2D eigenvalue weighted by Crippen LogP contribution is 2.22. The van der Waals surface area contributed by atoms with E-state index in [2.05, 4.69) is 29.1 Å². The van der Waals surface area contributed by atoms with Crippen molar-refractivity contribution in [2.75, 3.05) is 26.7 Å². The van der Waals surface area contributed by atoms with Gasteiger partial charge in [0.05, 0.1) is 17.3 Å². The van der Waals surface area contributed by atoms with Gasteiger partial charge >= 0.3 is 0 Å². The summed E-state index contributed by atoms with van der Waals surface area (Å²) in [5.41, 5.74) is 2.66. The number of H-pyrrole nitrogens is 1. The largest absolute Gasteiger partial charge is 0.333 e. The molecule has 3 rings (SSSR count). The predicted molar refractivity (Wildman–Crippen MR) is 78.8 cm³/mol. The Labute approximate surface area is 118 Å². The Morgan fingerprint density at radius 1 is 1.40 bits per heavy atom. The highest BCUT2D eigenvalue weighted by Gasteiger charge is 2.27. The molecule has 1 aromatic carbocycles. The van der Waals surface area contributed by atoms with Gasteiger partial charge in [-0.3, -0.25) is 9.89 Å². The number of rotatable bonds is 1. The molecule has 1 aliphatic rings. The SMILES string of the molecule is Cc1cc(C(=O)N2CCN(C)CC2C)c2[nH]ncc2c1. The molecule has 0 spiro atoms. The minimum atomic E-state index is 0.101. The van der Waals surface area contributed by atoms with Gasteiger partial charge in [-0.25, -0.2) is 0 Å². The Kier molecular flexibility index (Phi) is 3.22. The van der Waals surface area contributed by atoms with Crippen LogP contribution < -0.4 is 0 Å². The summed E-state index contributed by atoms with van der Waals surface area (Å²) in [4.78, 5) is 17.1. The molecule has 2 aromatic rings. The van der Waals surface area contributed by atoms with Crippen molar-refractivity contribution in [3.8, 4) is 0 Å². The summed E-state index contributed by atoms with van der Waals surface area (Å²) in [5.74, 6) is 0.101. The number of aryl methyl sites for hydroxylation is 1. The Hall–Kier alpha value is -1.88. The Bertz CT molecular complexity index is 648. The fraction of sp³-hybridized carbons (Fsp3) is 0.467. The molecule has 5 nitrogen and oxygen atoms in total. The molecule has 0 saturated carbocycles. The molecule has 20 heavy (non-hydrogen) atoms. The first-order chi connectivity index (χ1) is 9.56. The Balaban J connectivity index is 1.98. The molecule has 0 aliphatic carbocycles. The molecule has 1 saturated heterocycles. The number of nitrogens with zero attached hydrogens (tertiary/aromatic N) is 3. The van der Waals surface area contributed by atoms with Gasteiger partial charge < -0.3 is 9.80 Å². The van der Waals surface area contributed by atoms with Crippen LogP contribution in [0.1, 0.15) is 22.8 Å². The maximum absolute atomic E-state index is 12.8. The molecule has 106 valence electrons.